The third kappa shape index (κ3) is 6.83. The van der Waals surface area contributed by atoms with Crippen LogP contribution in [0.3, 0.4) is 0 Å². The summed E-state index contributed by atoms with van der Waals surface area (Å²) in [5, 5.41) is 0. The molecule has 0 aromatic carbocycles. The third-order valence-corrected chi connectivity index (χ3v) is 4.67. The van der Waals surface area contributed by atoms with Crippen molar-refractivity contribution in [3.8, 4) is 11.5 Å². The van der Waals surface area contributed by atoms with Gasteiger partial charge in [-0.15, -0.1) is 12.1 Å². The highest BCUT2D eigenvalue weighted by atomic mass is 28.3. The van der Waals surface area contributed by atoms with Crippen molar-refractivity contribution in [2.24, 2.45) is 11.8 Å². The maximum absolute atomic E-state index is 3.93. The molecule has 1 fully saturated rings. The Hall–Kier alpha value is -0.743. The normalized spacial score (nSPS) is 19.5. The van der Waals surface area contributed by atoms with E-state index in [2.05, 4.69) is 56.8 Å². The molecule has 0 aliphatic heterocycles. The average molecular weight is 275 g/mol. The monoisotopic (exact) mass is 274 g/mol. The molecule has 1 rings (SSSR count). The molecule has 19 heavy (non-hydrogen) atoms. The largest absolute Gasteiger partial charge is 0.129 e. The van der Waals surface area contributed by atoms with Crippen molar-refractivity contribution in [3.05, 3.63) is 24.3 Å². The summed E-state index contributed by atoms with van der Waals surface area (Å²) in [5.74, 6) is 4.91. The number of hydrogen-bond donors (Lipinski definition) is 0. The van der Waals surface area contributed by atoms with Gasteiger partial charge in [-0.1, -0.05) is 57.0 Å². The SMILES string of the molecule is C=CCC(/C=C(/C)C#C[Si](C)(C)C)C1CCCCC1. The molecule has 1 heteroatoms. The maximum Gasteiger partial charge on any atom is 0.129 e. The first-order valence-electron chi connectivity index (χ1n) is 7.75. The number of allylic oxidation sites excluding steroid dienone is 3. The number of hydrogen-bond acceptors (Lipinski definition) is 0. The fourth-order valence-electron chi connectivity index (χ4n) is 2.80. The van der Waals surface area contributed by atoms with Crippen LogP contribution in [-0.2, 0) is 0 Å². The van der Waals surface area contributed by atoms with Gasteiger partial charge in [-0.3, -0.25) is 0 Å². The summed E-state index contributed by atoms with van der Waals surface area (Å²) in [5.41, 5.74) is 4.73. The summed E-state index contributed by atoms with van der Waals surface area (Å²) in [4.78, 5) is 0. The summed E-state index contributed by atoms with van der Waals surface area (Å²) < 4.78 is 0. The molecule has 0 radical (unpaired) electrons. The zero-order valence-corrected chi connectivity index (χ0v) is 14.3. The lowest BCUT2D eigenvalue weighted by Crippen LogP contribution is -2.17. The first-order valence-corrected chi connectivity index (χ1v) is 11.2. The molecule has 1 saturated carbocycles. The van der Waals surface area contributed by atoms with Crippen LogP contribution in [0.15, 0.2) is 24.3 Å². The Kier molecular flexibility index (Phi) is 6.65. The van der Waals surface area contributed by atoms with Gasteiger partial charge in [0.15, 0.2) is 0 Å². The molecular formula is C18H30Si. The van der Waals surface area contributed by atoms with Crippen molar-refractivity contribution in [2.75, 3.05) is 0 Å². The van der Waals surface area contributed by atoms with Crippen LogP contribution < -0.4 is 0 Å². The van der Waals surface area contributed by atoms with Gasteiger partial charge in [0.2, 0.25) is 0 Å². The minimum absolute atomic E-state index is 0.661. The van der Waals surface area contributed by atoms with E-state index in [0.29, 0.717) is 5.92 Å². The lowest BCUT2D eigenvalue weighted by Gasteiger charge is -2.27. The Bertz CT molecular complexity index is 367. The van der Waals surface area contributed by atoms with Crippen molar-refractivity contribution in [1.82, 2.24) is 0 Å². The fourth-order valence-corrected chi connectivity index (χ4v) is 3.37. The van der Waals surface area contributed by atoms with Gasteiger partial charge in [0.25, 0.3) is 0 Å². The minimum atomic E-state index is -1.25. The van der Waals surface area contributed by atoms with Gasteiger partial charge >= 0.3 is 0 Å². The second-order valence-electron chi connectivity index (χ2n) is 6.94. The summed E-state index contributed by atoms with van der Waals surface area (Å²) in [6.45, 7) is 13.0. The standard InChI is InChI=1S/C18H30Si/c1-6-10-18(17-11-8-7-9-12-17)15-16(2)13-14-19(3,4)5/h6,15,17-18H,1,7-12H2,2-5H3/b16-15-. The Labute approximate surface area is 121 Å². The van der Waals surface area contributed by atoms with Crippen molar-refractivity contribution in [2.45, 2.75) is 65.1 Å². The highest BCUT2D eigenvalue weighted by Gasteiger charge is 2.21. The van der Waals surface area contributed by atoms with Crippen molar-refractivity contribution < 1.29 is 0 Å². The van der Waals surface area contributed by atoms with E-state index in [4.69, 9.17) is 0 Å². The van der Waals surface area contributed by atoms with Crippen LogP contribution in [-0.4, -0.2) is 8.07 Å². The third-order valence-electron chi connectivity index (χ3n) is 3.79. The summed E-state index contributed by atoms with van der Waals surface area (Å²) in [7, 11) is -1.25. The summed E-state index contributed by atoms with van der Waals surface area (Å²) in [6, 6.07) is 0. The van der Waals surface area contributed by atoms with Gasteiger partial charge in [0, 0.05) is 0 Å². The van der Waals surface area contributed by atoms with Gasteiger partial charge in [0.05, 0.1) is 0 Å². The number of rotatable bonds is 4. The van der Waals surface area contributed by atoms with Crippen LogP contribution in [0.1, 0.15) is 45.4 Å². The van der Waals surface area contributed by atoms with Gasteiger partial charge in [-0.25, -0.2) is 0 Å². The zero-order valence-electron chi connectivity index (χ0n) is 13.3. The van der Waals surface area contributed by atoms with Gasteiger partial charge in [-0.05, 0) is 43.6 Å². The molecule has 1 aliphatic carbocycles. The minimum Gasteiger partial charge on any atom is -0.127 e. The maximum atomic E-state index is 3.93. The van der Waals surface area contributed by atoms with Crippen molar-refractivity contribution in [1.29, 1.82) is 0 Å². The van der Waals surface area contributed by atoms with E-state index in [1.54, 1.807) is 0 Å². The van der Waals surface area contributed by atoms with Crippen LogP contribution in [0.5, 0.6) is 0 Å². The molecular weight excluding hydrogens is 244 g/mol. The molecule has 0 aromatic rings. The van der Waals surface area contributed by atoms with Crippen LogP contribution in [0.4, 0.5) is 0 Å². The first-order chi connectivity index (χ1) is 8.92. The quantitative estimate of drug-likeness (QED) is 0.356. The lowest BCUT2D eigenvalue weighted by molar-refractivity contribution is 0.286. The Balaban J connectivity index is 2.74. The highest BCUT2D eigenvalue weighted by Crippen LogP contribution is 2.33. The van der Waals surface area contributed by atoms with Crippen molar-refractivity contribution >= 4 is 8.07 Å². The second kappa shape index (κ2) is 7.75. The fraction of sp³-hybridized carbons (Fsp3) is 0.667. The molecule has 1 atom stereocenters. The van der Waals surface area contributed by atoms with Crippen molar-refractivity contribution in [3.63, 3.8) is 0 Å². The summed E-state index contributed by atoms with van der Waals surface area (Å²) in [6.07, 6.45) is 12.6. The van der Waals surface area contributed by atoms with E-state index in [1.165, 1.54) is 37.7 Å². The van der Waals surface area contributed by atoms with E-state index in [0.717, 1.165) is 12.3 Å². The molecule has 106 valence electrons. The molecule has 0 heterocycles. The van der Waals surface area contributed by atoms with E-state index >= 15 is 0 Å². The van der Waals surface area contributed by atoms with Crippen LogP contribution in [0.2, 0.25) is 19.6 Å². The molecule has 0 nitrogen and oxygen atoms in total. The van der Waals surface area contributed by atoms with Crippen LogP contribution in [0, 0.1) is 23.3 Å². The van der Waals surface area contributed by atoms with E-state index < -0.39 is 8.07 Å². The van der Waals surface area contributed by atoms with Gasteiger partial charge in [-0.2, -0.15) is 0 Å². The predicted molar refractivity (Wildman–Crippen MR) is 89.8 cm³/mol. The second-order valence-corrected chi connectivity index (χ2v) is 11.7. The Morgan fingerprint density at radius 2 is 1.89 bits per heavy atom. The van der Waals surface area contributed by atoms with E-state index in [9.17, 15) is 0 Å². The first kappa shape index (κ1) is 16.3. The lowest BCUT2D eigenvalue weighted by atomic mass is 9.78. The molecule has 0 aromatic heterocycles. The Morgan fingerprint density at radius 3 is 2.42 bits per heavy atom. The van der Waals surface area contributed by atoms with E-state index in [1.807, 2.05) is 0 Å². The van der Waals surface area contributed by atoms with E-state index in [-0.39, 0.29) is 0 Å². The van der Waals surface area contributed by atoms with Gasteiger partial charge in [0.1, 0.15) is 8.07 Å². The molecule has 0 spiro atoms. The highest BCUT2D eigenvalue weighted by molar-refractivity contribution is 6.83. The summed E-state index contributed by atoms with van der Waals surface area (Å²) >= 11 is 0. The van der Waals surface area contributed by atoms with Gasteiger partial charge < -0.3 is 0 Å². The zero-order chi connectivity index (χ0) is 14.3. The molecule has 1 unspecified atom stereocenters. The predicted octanol–water partition coefficient (Wildman–Crippen LogP) is 5.59. The van der Waals surface area contributed by atoms with Crippen LogP contribution in [0.25, 0.3) is 0 Å². The molecule has 0 saturated heterocycles. The Morgan fingerprint density at radius 1 is 1.26 bits per heavy atom. The average Bonchev–Trinajstić information content (AvgIpc) is 2.36. The topological polar surface area (TPSA) is 0 Å². The molecule has 0 N–H and O–H groups in total. The molecule has 1 aliphatic rings. The smallest absolute Gasteiger partial charge is 0.127 e. The molecule has 0 bridgehead atoms. The van der Waals surface area contributed by atoms with Crippen LogP contribution >= 0.6 is 0 Å². The molecule has 0 amide bonds.